The molecule has 0 saturated carbocycles. The Morgan fingerprint density at radius 1 is 1.20 bits per heavy atom. The highest BCUT2D eigenvalue weighted by Gasteiger charge is 2.26. The lowest BCUT2D eigenvalue weighted by atomic mass is 10.1. The van der Waals surface area contributed by atoms with Gasteiger partial charge in [-0.1, -0.05) is 0 Å². The highest BCUT2D eigenvalue weighted by Crippen LogP contribution is 2.17. The van der Waals surface area contributed by atoms with E-state index in [0.717, 1.165) is 0 Å². The normalized spacial score (nSPS) is 17.0. The number of oxazole rings is 1. The van der Waals surface area contributed by atoms with E-state index in [1.54, 1.807) is 37.1 Å². The molecule has 0 aliphatic carbocycles. The van der Waals surface area contributed by atoms with Crippen LogP contribution in [0.3, 0.4) is 0 Å². The summed E-state index contributed by atoms with van der Waals surface area (Å²) in [7, 11) is -1.64. The van der Waals surface area contributed by atoms with Gasteiger partial charge in [0.15, 0.2) is 5.58 Å². The van der Waals surface area contributed by atoms with E-state index in [4.69, 9.17) is 4.42 Å². The minimum atomic E-state index is -3.25. The monoisotopic (exact) mass is 367 g/mol. The van der Waals surface area contributed by atoms with E-state index in [9.17, 15) is 18.0 Å². The van der Waals surface area contributed by atoms with E-state index in [2.05, 4.69) is 0 Å². The summed E-state index contributed by atoms with van der Waals surface area (Å²) >= 11 is 0. The molecule has 2 aromatic rings. The van der Waals surface area contributed by atoms with Gasteiger partial charge in [-0.15, -0.1) is 0 Å². The minimum absolute atomic E-state index is 0.0602. The lowest BCUT2D eigenvalue weighted by Crippen LogP contribution is -2.37. The summed E-state index contributed by atoms with van der Waals surface area (Å²) in [5.41, 5.74) is 1.41. The van der Waals surface area contributed by atoms with Gasteiger partial charge in [-0.05, 0) is 31.5 Å². The number of aryl methyl sites for hydroxylation is 1. The summed E-state index contributed by atoms with van der Waals surface area (Å²) < 4.78 is 32.0. The van der Waals surface area contributed by atoms with Crippen LogP contribution in [0.5, 0.6) is 0 Å². The highest BCUT2D eigenvalue weighted by atomic mass is 32.2. The van der Waals surface area contributed by atoms with Crippen LogP contribution in [0.4, 0.5) is 0 Å². The second-order valence-corrected chi connectivity index (χ2v) is 8.31. The summed E-state index contributed by atoms with van der Waals surface area (Å²) in [5, 5.41) is 0. The van der Waals surface area contributed by atoms with Gasteiger partial charge >= 0.3 is 5.76 Å². The molecule has 0 atom stereocenters. The number of hydrogen-bond donors (Lipinski definition) is 0. The molecule has 0 unspecified atom stereocenters. The first kappa shape index (κ1) is 17.7. The summed E-state index contributed by atoms with van der Waals surface area (Å²) in [5.74, 6) is -0.607. The van der Waals surface area contributed by atoms with Crippen LogP contribution < -0.4 is 5.76 Å². The second-order valence-electron chi connectivity index (χ2n) is 6.05. The fourth-order valence-electron chi connectivity index (χ4n) is 3.01. The van der Waals surface area contributed by atoms with Crippen LogP contribution in [0, 0.1) is 0 Å². The number of hydrogen-bond acceptors (Lipinski definition) is 5. The molecular formula is C16H21N3O5S. The van der Waals surface area contributed by atoms with Crippen molar-refractivity contribution in [2.45, 2.75) is 13.3 Å². The Balaban J connectivity index is 1.80. The topological polar surface area (TPSA) is 92.8 Å². The third kappa shape index (κ3) is 3.34. The van der Waals surface area contributed by atoms with Crippen molar-refractivity contribution in [3.8, 4) is 0 Å². The van der Waals surface area contributed by atoms with Crippen LogP contribution in [0.15, 0.2) is 27.4 Å². The van der Waals surface area contributed by atoms with Gasteiger partial charge in [-0.25, -0.2) is 17.5 Å². The van der Waals surface area contributed by atoms with E-state index in [1.165, 1.54) is 8.87 Å². The molecule has 1 aliphatic heterocycles. The summed E-state index contributed by atoms with van der Waals surface area (Å²) in [6.45, 7) is 3.17. The Morgan fingerprint density at radius 2 is 1.96 bits per heavy atom. The first-order chi connectivity index (χ1) is 11.8. The van der Waals surface area contributed by atoms with E-state index < -0.39 is 15.8 Å². The molecule has 8 nitrogen and oxygen atoms in total. The molecule has 1 saturated heterocycles. The SMILES string of the molecule is CCS(=O)(=O)N1CCCN(C(=O)c2ccc3c(c2)oc(=O)n3C)CC1. The van der Waals surface area contributed by atoms with Gasteiger partial charge in [-0.2, -0.15) is 0 Å². The van der Waals surface area contributed by atoms with Crippen LogP contribution in [-0.2, 0) is 17.1 Å². The van der Waals surface area contributed by atoms with Crippen molar-refractivity contribution in [2.24, 2.45) is 7.05 Å². The number of rotatable bonds is 3. The number of amides is 1. The highest BCUT2D eigenvalue weighted by molar-refractivity contribution is 7.89. The first-order valence-corrected chi connectivity index (χ1v) is 9.81. The van der Waals surface area contributed by atoms with Gasteiger partial charge in [-0.3, -0.25) is 9.36 Å². The smallest absolute Gasteiger partial charge is 0.408 e. The number of carbonyl (C=O) groups is 1. The molecule has 25 heavy (non-hydrogen) atoms. The molecule has 136 valence electrons. The largest absolute Gasteiger partial charge is 0.419 e. The van der Waals surface area contributed by atoms with Crippen molar-refractivity contribution in [3.63, 3.8) is 0 Å². The number of fused-ring (bicyclic) bond motifs is 1. The Kier molecular flexibility index (Phi) is 4.70. The van der Waals surface area contributed by atoms with Gasteiger partial charge in [0, 0.05) is 38.8 Å². The number of sulfonamides is 1. The van der Waals surface area contributed by atoms with Gasteiger partial charge in [0.05, 0.1) is 11.3 Å². The zero-order chi connectivity index (χ0) is 18.2. The molecular weight excluding hydrogens is 346 g/mol. The Bertz CT molecular complexity index is 960. The predicted molar refractivity (Wildman–Crippen MR) is 93.0 cm³/mol. The van der Waals surface area contributed by atoms with Crippen molar-refractivity contribution in [2.75, 3.05) is 31.9 Å². The zero-order valence-corrected chi connectivity index (χ0v) is 15.1. The van der Waals surface area contributed by atoms with Crippen molar-refractivity contribution < 1.29 is 17.6 Å². The quantitative estimate of drug-likeness (QED) is 0.793. The number of nitrogens with zero attached hydrogens (tertiary/aromatic N) is 3. The maximum atomic E-state index is 12.7. The van der Waals surface area contributed by atoms with Gasteiger partial charge < -0.3 is 9.32 Å². The molecule has 3 rings (SSSR count). The standard InChI is InChI=1S/C16H21N3O5S/c1-3-25(22,23)19-8-4-7-18(9-10-19)15(20)12-5-6-13-14(11-12)24-16(21)17(13)2/h5-6,11H,3-4,7-10H2,1-2H3. The van der Waals surface area contributed by atoms with E-state index in [-0.39, 0.29) is 11.7 Å². The van der Waals surface area contributed by atoms with Crippen molar-refractivity contribution in [1.82, 2.24) is 13.8 Å². The Hall–Kier alpha value is -2.13. The molecule has 1 aromatic heterocycles. The predicted octanol–water partition coefficient (Wildman–Crippen LogP) is 0.629. The third-order valence-corrected chi connectivity index (χ3v) is 6.42. The molecule has 9 heteroatoms. The van der Waals surface area contributed by atoms with Gasteiger partial charge in [0.2, 0.25) is 10.0 Å². The van der Waals surface area contributed by atoms with Crippen molar-refractivity contribution in [3.05, 3.63) is 34.3 Å². The fraction of sp³-hybridized carbons (Fsp3) is 0.500. The molecule has 0 bridgehead atoms. The Labute approximate surface area is 145 Å². The lowest BCUT2D eigenvalue weighted by Gasteiger charge is -2.21. The molecule has 1 aliphatic rings. The number of benzene rings is 1. The molecule has 0 N–H and O–H groups in total. The molecule has 0 radical (unpaired) electrons. The van der Waals surface area contributed by atoms with E-state index >= 15 is 0 Å². The lowest BCUT2D eigenvalue weighted by molar-refractivity contribution is 0.0764. The van der Waals surface area contributed by atoms with Crippen LogP contribution in [0.1, 0.15) is 23.7 Å². The molecule has 0 spiro atoms. The fourth-order valence-corrected chi connectivity index (χ4v) is 4.14. The van der Waals surface area contributed by atoms with Crippen LogP contribution in [0.25, 0.3) is 11.1 Å². The molecule has 2 heterocycles. The van der Waals surface area contributed by atoms with E-state index in [1.807, 2.05) is 0 Å². The van der Waals surface area contributed by atoms with Gasteiger partial charge in [0.25, 0.3) is 5.91 Å². The average Bonchev–Trinajstić information content (AvgIpc) is 2.79. The van der Waals surface area contributed by atoms with Crippen molar-refractivity contribution >= 4 is 27.0 Å². The molecule has 1 amide bonds. The van der Waals surface area contributed by atoms with E-state index in [0.29, 0.717) is 49.3 Å². The zero-order valence-electron chi connectivity index (χ0n) is 14.3. The minimum Gasteiger partial charge on any atom is -0.408 e. The second kappa shape index (κ2) is 6.64. The summed E-state index contributed by atoms with van der Waals surface area (Å²) in [4.78, 5) is 26.0. The van der Waals surface area contributed by atoms with Crippen LogP contribution >= 0.6 is 0 Å². The maximum absolute atomic E-state index is 12.7. The van der Waals surface area contributed by atoms with Crippen LogP contribution in [0.2, 0.25) is 0 Å². The molecule has 1 fully saturated rings. The molecule has 1 aromatic carbocycles. The number of carbonyl (C=O) groups excluding carboxylic acids is 1. The van der Waals surface area contributed by atoms with Crippen LogP contribution in [-0.4, -0.2) is 60.0 Å². The van der Waals surface area contributed by atoms with Gasteiger partial charge in [0.1, 0.15) is 0 Å². The van der Waals surface area contributed by atoms with Crippen molar-refractivity contribution in [1.29, 1.82) is 0 Å². The Morgan fingerprint density at radius 3 is 2.68 bits per heavy atom. The summed E-state index contributed by atoms with van der Waals surface area (Å²) in [6, 6.07) is 4.90. The summed E-state index contributed by atoms with van der Waals surface area (Å²) in [6.07, 6.45) is 0.591. The third-order valence-electron chi connectivity index (χ3n) is 4.54. The average molecular weight is 367 g/mol. The maximum Gasteiger partial charge on any atom is 0.419 e. The first-order valence-electron chi connectivity index (χ1n) is 8.20. The number of aromatic nitrogens is 1.